The van der Waals surface area contributed by atoms with Crippen LogP contribution in [0.1, 0.15) is 16.1 Å². The van der Waals surface area contributed by atoms with E-state index < -0.39 is 0 Å². The lowest BCUT2D eigenvalue weighted by molar-refractivity contribution is 0.0599. The van der Waals surface area contributed by atoms with Crippen molar-refractivity contribution < 1.29 is 13.9 Å². The van der Waals surface area contributed by atoms with Gasteiger partial charge in [0, 0.05) is 5.56 Å². The molecular formula is C13H12O3. The number of hydrogen-bond donors (Lipinski definition) is 0. The Labute approximate surface area is 93.7 Å². The molecule has 0 unspecified atom stereocenters. The largest absolute Gasteiger partial charge is 0.468 e. The minimum Gasteiger partial charge on any atom is -0.468 e. The van der Waals surface area contributed by atoms with Gasteiger partial charge in [0.1, 0.15) is 11.3 Å². The van der Waals surface area contributed by atoms with Crippen molar-refractivity contribution in [2.75, 3.05) is 7.11 Å². The maximum absolute atomic E-state index is 11.6. The fourth-order valence-corrected chi connectivity index (χ4v) is 1.64. The summed E-state index contributed by atoms with van der Waals surface area (Å²) in [5.41, 5.74) is 2.21. The molecule has 0 saturated heterocycles. The SMILES string of the molecule is COC(=O)c1c(-c2ccccc2)coc1C. The molecule has 0 bridgehead atoms. The summed E-state index contributed by atoms with van der Waals surface area (Å²) < 4.78 is 10.0. The molecule has 0 atom stereocenters. The lowest BCUT2D eigenvalue weighted by Gasteiger charge is -2.01. The standard InChI is InChI=1S/C13H12O3/c1-9-12(13(14)15-2)11(8-16-9)10-6-4-3-5-7-10/h3-8H,1-2H3. The number of hydrogen-bond acceptors (Lipinski definition) is 3. The molecule has 0 aliphatic carbocycles. The van der Waals surface area contributed by atoms with Crippen molar-refractivity contribution in [3.05, 3.63) is 47.9 Å². The number of esters is 1. The van der Waals surface area contributed by atoms with Crippen molar-refractivity contribution in [3.63, 3.8) is 0 Å². The van der Waals surface area contributed by atoms with Gasteiger partial charge in [-0.3, -0.25) is 0 Å². The second-order valence-corrected chi connectivity index (χ2v) is 3.44. The van der Waals surface area contributed by atoms with Gasteiger partial charge in [-0.15, -0.1) is 0 Å². The number of benzene rings is 1. The second-order valence-electron chi connectivity index (χ2n) is 3.44. The summed E-state index contributed by atoms with van der Waals surface area (Å²) in [5.74, 6) is 0.204. The molecule has 0 fully saturated rings. The Morgan fingerprint density at radius 2 is 1.94 bits per heavy atom. The van der Waals surface area contributed by atoms with Gasteiger partial charge in [-0.05, 0) is 12.5 Å². The third-order valence-electron chi connectivity index (χ3n) is 2.45. The Morgan fingerprint density at radius 3 is 2.56 bits per heavy atom. The van der Waals surface area contributed by atoms with Crippen LogP contribution in [0.15, 0.2) is 41.0 Å². The monoisotopic (exact) mass is 216 g/mol. The summed E-state index contributed by atoms with van der Waals surface area (Å²) in [6.45, 7) is 1.75. The van der Waals surface area contributed by atoms with Crippen LogP contribution >= 0.6 is 0 Å². The molecule has 3 nitrogen and oxygen atoms in total. The Kier molecular flexibility index (Phi) is 2.77. The predicted octanol–water partition coefficient (Wildman–Crippen LogP) is 3.04. The molecule has 16 heavy (non-hydrogen) atoms. The Hall–Kier alpha value is -2.03. The van der Waals surface area contributed by atoms with Gasteiger partial charge in [-0.2, -0.15) is 0 Å². The van der Waals surface area contributed by atoms with Crippen molar-refractivity contribution in [2.24, 2.45) is 0 Å². The Bertz CT molecular complexity index is 497. The van der Waals surface area contributed by atoms with Gasteiger partial charge in [0.25, 0.3) is 0 Å². The molecule has 0 aliphatic heterocycles. The van der Waals surface area contributed by atoms with Crippen LogP contribution in [-0.4, -0.2) is 13.1 Å². The Morgan fingerprint density at radius 1 is 1.25 bits per heavy atom. The topological polar surface area (TPSA) is 39.4 Å². The number of carbonyl (C=O) groups is 1. The molecule has 0 aliphatic rings. The van der Waals surface area contributed by atoms with Crippen LogP contribution in [0, 0.1) is 6.92 Å². The molecule has 1 aromatic heterocycles. The molecule has 3 heteroatoms. The summed E-state index contributed by atoms with van der Waals surface area (Å²) in [7, 11) is 1.36. The highest BCUT2D eigenvalue weighted by Crippen LogP contribution is 2.28. The molecule has 1 heterocycles. The van der Waals surface area contributed by atoms with Gasteiger partial charge >= 0.3 is 5.97 Å². The van der Waals surface area contributed by atoms with E-state index in [4.69, 9.17) is 9.15 Å². The van der Waals surface area contributed by atoms with Gasteiger partial charge in [0.2, 0.25) is 0 Å². The van der Waals surface area contributed by atoms with Crippen LogP contribution < -0.4 is 0 Å². The highest BCUT2D eigenvalue weighted by Gasteiger charge is 2.19. The van der Waals surface area contributed by atoms with Gasteiger partial charge in [0.15, 0.2) is 0 Å². The zero-order valence-corrected chi connectivity index (χ0v) is 9.19. The minimum atomic E-state index is -0.370. The van der Waals surface area contributed by atoms with Crippen molar-refractivity contribution in [1.82, 2.24) is 0 Å². The number of furan rings is 1. The third kappa shape index (κ3) is 1.72. The first-order valence-corrected chi connectivity index (χ1v) is 4.96. The van der Waals surface area contributed by atoms with Crippen LogP contribution in [0.4, 0.5) is 0 Å². The van der Waals surface area contributed by atoms with Gasteiger partial charge < -0.3 is 9.15 Å². The normalized spacial score (nSPS) is 10.1. The van der Waals surface area contributed by atoms with E-state index in [9.17, 15) is 4.79 Å². The van der Waals surface area contributed by atoms with Gasteiger partial charge in [0.05, 0.1) is 13.4 Å². The van der Waals surface area contributed by atoms with E-state index in [1.54, 1.807) is 13.2 Å². The smallest absolute Gasteiger partial charge is 0.342 e. The van der Waals surface area contributed by atoms with Gasteiger partial charge in [-0.1, -0.05) is 30.3 Å². The van der Waals surface area contributed by atoms with E-state index >= 15 is 0 Å². The number of methoxy groups -OCH3 is 1. The summed E-state index contributed by atoms with van der Waals surface area (Å²) >= 11 is 0. The van der Waals surface area contributed by atoms with Crippen LogP contribution in [0.2, 0.25) is 0 Å². The summed E-state index contributed by atoms with van der Waals surface area (Å²) in [4.78, 5) is 11.6. The van der Waals surface area contributed by atoms with E-state index in [0.717, 1.165) is 11.1 Å². The number of carbonyl (C=O) groups excluding carboxylic acids is 1. The van der Waals surface area contributed by atoms with Crippen molar-refractivity contribution in [2.45, 2.75) is 6.92 Å². The van der Waals surface area contributed by atoms with Crippen LogP contribution in [-0.2, 0) is 4.74 Å². The molecule has 1 aromatic carbocycles. The maximum Gasteiger partial charge on any atom is 0.342 e. The number of aryl methyl sites for hydroxylation is 1. The molecule has 2 rings (SSSR count). The predicted molar refractivity (Wildman–Crippen MR) is 60.2 cm³/mol. The third-order valence-corrected chi connectivity index (χ3v) is 2.45. The highest BCUT2D eigenvalue weighted by atomic mass is 16.5. The van der Waals surface area contributed by atoms with Crippen molar-refractivity contribution in [3.8, 4) is 11.1 Å². The molecule has 0 N–H and O–H groups in total. The summed E-state index contributed by atoms with van der Waals surface area (Å²) in [6, 6.07) is 9.61. The molecule has 0 spiro atoms. The van der Waals surface area contributed by atoms with Crippen LogP contribution in [0.25, 0.3) is 11.1 Å². The quantitative estimate of drug-likeness (QED) is 0.724. The summed E-state index contributed by atoms with van der Waals surface area (Å²) in [6.07, 6.45) is 1.58. The van der Waals surface area contributed by atoms with E-state index in [0.29, 0.717) is 11.3 Å². The Balaban J connectivity index is 2.55. The fraction of sp³-hybridized carbons (Fsp3) is 0.154. The molecular weight excluding hydrogens is 204 g/mol. The molecule has 0 amide bonds. The maximum atomic E-state index is 11.6. The number of rotatable bonds is 2. The minimum absolute atomic E-state index is 0.370. The molecule has 0 saturated carbocycles. The van der Waals surface area contributed by atoms with Crippen LogP contribution in [0.3, 0.4) is 0 Å². The lowest BCUT2D eigenvalue weighted by atomic mass is 10.0. The zero-order valence-electron chi connectivity index (χ0n) is 9.19. The first kappa shape index (κ1) is 10.5. The number of ether oxygens (including phenoxy) is 1. The first-order chi connectivity index (χ1) is 7.74. The van der Waals surface area contributed by atoms with E-state index in [1.165, 1.54) is 7.11 Å². The van der Waals surface area contributed by atoms with E-state index in [-0.39, 0.29) is 5.97 Å². The average Bonchev–Trinajstić information content (AvgIpc) is 2.71. The molecule has 0 radical (unpaired) electrons. The van der Waals surface area contributed by atoms with E-state index in [1.807, 2.05) is 30.3 Å². The van der Waals surface area contributed by atoms with Gasteiger partial charge in [-0.25, -0.2) is 4.79 Å². The average molecular weight is 216 g/mol. The lowest BCUT2D eigenvalue weighted by Crippen LogP contribution is -2.03. The first-order valence-electron chi connectivity index (χ1n) is 4.96. The second kappa shape index (κ2) is 4.23. The fourth-order valence-electron chi connectivity index (χ4n) is 1.64. The zero-order chi connectivity index (χ0) is 11.5. The molecule has 82 valence electrons. The van der Waals surface area contributed by atoms with E-state index in [2.05, 4.69) is 0 Å². The van der Waals surface area contributed by atoms with Crippen molar-refractivity contribution in [1.29, 1.82) is 0 Å². The summed E-state index contributed by atoms with van der Waals surface area (Å²) in [5, 5.41) is 0. The van der Waals surface area contributed by atoms with Crippen LogP contribution in [0.5, 0.6) is 0 Å². The molecule has 2 aromatic rings. The van der Waals surface area contributed by atoms with Crippen molar-refractivity contribution >= 4 is 5.97 Å². The highest BCUT2D eigenvalue weighted by molar-refractivity contribution is 5.98.